The van der Waals surface area contributed by atoms with Crippen LogP contribution in [0.1, 0.15) is 21.5 Å². The monoisotopic (exact) mass is 496 g/mol. The van der Waals surface area contributed by atoms with Gasteiger partial charge in [-0.15, -0.1) is 10.2 Å². The van der Waals surface area contributed by atoms with Gasteiger partial charge >= 0.3 is 6.18 Å². The highest BCUT2D eigenvalue weighted by atomic mass is 32.1. The van der Waals surface area contributed by atoms with Crippen LogP contribution in [0.2, 0.25) is 0 Å². The smallest absolute Gasteiger partial charge is 0.340 e. The van der Waals surface area contributed by atoms with Gasteiger partial charge in [0, 0.05) is 17.5 Å². The van der Waals surface area contributed by atoms with Crippen LogP contribution in [0.4, 0.5) is 18.3 Å². The number of carbonyl (C=O) groups is 2. The summed E-state index contributed by atoms with van der Waals surface area (Å²) in [6.07, 6.45) is -4.34. The third kappa shape index (κ3) is 6.30. The maximum absolute atomic E-state index is 13.1. The van der Waals surface area contributed by atoms with E-state index in [-0.39, 0.29) is 17.1 Å². The Morgan fingerprint density at radius 3 is 2.11 bits per heavy atom. The van der Waals surface area contributed by atoms with Crippen LogP contribution in [0.25, 0.3) is 10.6 Å². The number of halogens is 3. The third-order valence-corrected chi connectivity index (χ3v) is 5.94. The number of nitrogens with one attached hydrogen (secondary N) is 2. The van der Waals surface area contributed by atoms with Gasteiger partial charge in [0.15, 0.2) is 0 Å². The Kier molecular flexibility index (Phi) is 7.21. The standard InChI is InChI=1S/C25H19F3N4O2S/c26-25(27,28)19-13-11-17(12-14-19)21(33)29-20(15-16-7-3-1-4-8-16)22(34)30-24-32-31-23(35-24)18-9-5-2-6-10-18/h1-14,20H,15H2,(H,29,33)(H,30,32,34). The van der Waals surface area contributed by atoms with Crippen LogP contribution < -0.4 is 10.6 Å². The first-order valence-electron chi connectivity index (χ1n) is 10.5. The van der Waals surface area contributed by atoms with Crippen molar-refractivity contribution in [3.8, 4) is 10.6 Å². The fraction of sp³-hybridized carbons (Fsp3) is 0.120. The first-order chi connectivity index (χ1) is 16.8. The molecule has 1 aromatic heterocycles. The molecule has 1 unspecified atom stereocenters. The van der Waals surface area contributed by atoms with Gasteiger partial charge in [0.2, 0.25) is 11.0 Å². The Morgan fingerprint density at radius 2 is 1.49 bits per heavy atom. The third-order valence-electron chi connectivity index (χ3n) is 5.05. The topological polar surface area (TPSA) is 84.0 Å². The zero-order valence-corrected chi connectivity index (χ0v) is 18.9. The summed E-state index contributed by atoms with van der Waals surface area (Å²) in [7, 11) is 0. The lowest BCUT2D eigenvalue weighted by Gasteiger charge is -2.18. The second-order valence-corrected chi connectivity index (χ2v) is 8.54. The van der Waals surface area contributed by atoms with E-state index in [1.807, 2.05) is 48.5 Å². The molecular weight excluding hydrogens is 477 g/mol. The van der Waals surface area contributed by atoms with E-state index in [0.29, 0.717) is 5.01 Å². The molecule has 10 heteroatoms. The SMILES string of the molecule is O=C(NC(Cc1ccccc1)C(=O)Nc1nnc(-c2ccccc2)s1)c1ccc(C(F)(F)F)cc1. The van der Waals surface area contributed by atoms with Gasteiger partial charge in [-0.05, 0) is 29.8 Å². The van der Waals surface area contributed by atoms with Crippen LogP contribution in [0.5, 0.6) is 0 Å². The quantitative estimate of drug-likeness (QED) is 0.368. The summed E-state index contributed by atoms with van der Waals surface area (Å²) in [6.45, 7) is 0. The summed E-state index contributed by atoms with van der Waals surface area (Å²) in [5, 5.41) is 14.3. The van der Waals surface area contributed by atoms with Crippen molar-refractivity contribution in [2.24, 2.45) is 0 Å². The summed E-state index contributed by atoms with van der Waals surface area (Å²) in [5.74, 6) is -1.19. The maximum atomic E-state index is 13.1. The van der Waals surface area contributed by atoms with Crippen molar-refractivity contribution in [1.82, 2.24) is 15.5 Å². The largest absolute Gasteiger partial charge is 0.416 e. The number of anilines is 1. The number of nitrogens with zero attached hydrogens (tertiary/aromatic N) is 2. The van der Waals surface area contributed by atoms with Crippen LogP contribution in [0, 0.1) is 0 Å². The molecule has 2 amide bonds. The number of alkyl halides is 3. The molecule has 0 saturated heterocycles. The average Bonchev–Trinajstić information content (AvgIpc) is 3.33. The molecule has 0 radical (unpaired) electrons. The van der Waals surface area contributed by atoms with Gasteiger partial charge in [-0.3, -0.25) is 14.9 Å². The van der Waals surface area contributed by atoms with Crippen LogP contribution in [-0.2, 0) is 17.4 Å². The lowest BCUT2D eigenvalue weighted by Crippen LogP contribution is -2.45. The average molecular weight is 497 g/mol. The molecule has 1 heterocycles. The molecule has 6 nitrogen and oxygen atoms in total. The lowest BCUT2D eigenvalue weighted by atomic mass is 10.0. The van der Waals surface area contributed by atoms with Crippen molar-refractivity contribution in [3.63, 3.8) is 0 Å². The highest BCUT2D eigenvalue weighted by molar-refractivity contribution is 7.18. The summed E-state index contributed by atoms with van der Waals surface area (Å²) in [5.41, 5.74) is 0.786. The van der Waals surface area contributed by atoms with Crippen LogP contribution in [-0.4, -0.2) is 28.1 Å². The predicted octanol–water partition coefficient (Wildman–Crippen LogP) is 5.20. The molecule has 0 saturated carbocycles. The number of benzene rings is 3. The molecule has 0 aliphatic heterocycles. The van der Waals surface area contributed by atoms with E-state index in [1.165, 1.54) is 11.3 Å². The van der Waals surface area contributed by atoms with Gasteiger partial charge in [0.1, 0.15) is 11.0 Å². The van der Waals surface area contributed by atoms with Gasteiger partial charge < -0.3 is 5.32 Å². The minimum absolute atomic E-state index is 0.00569. The van der Waals surface area contributed by atoms with Crippen molar-refractivity contribution in [3.05, 3.63) is 102 Å². The van der Waals surface area contributed by atoms with E-state index in [0.717, 1.165) is 35.4 Å². The molecule has 0 fully saturated rings. The zero-order chi connectivity index (χ0) is 24.8. The summed E-state index contributed by atoms with van der Waals surface area (Å²) in [6, 6.07) is 21.2. The lowest BCUT2D eigenvalue weighted by molar-refractivity contribution is -0.137. The Labute approximate surface area is 202 Å². The van der Waals surface area contributed by atoms with Crippen LogP contribution in [0.3, 0.4) is 0 Å². The fourth-order valence-corrected chi connectivity index (χ4v) is 4.03. The Balaban J connectivity index is 1.51. The number of aromatic nitrogens is 2. The normalized spacial score (nSPS) is 12.1. The zero-order valence-electron chi connectivity index (χ0n) is 18.1. The Morgan fingerprint density at radius 1 is 0.857 bits per heavy atom. The minimum Gasteiger partial charge on any atom is -0.340 e. The molecule has 0 aliphatic carbocycles. The van der Waals surface area contributed by atoms with Gasteiger partial charge in [-0.25, -0.2) is 0 Å². The number of hydrogen-bond acceptors (Lipinski definition) is 5. The number of amides is 2. The first kappa shape index (κ1) is 24.1. The molecular formula is C25H19F3N4O2S. The number of rotatable bonds is 7. The van der Waals surface area contributed by atoms with Crippen LogP contribution in [0.15, 0.2) is 84.9 Å². The van der Waals surface area contributed by atoms with E-state index >= 15 is 0 Å². The van der Waals surface area contributed by atoms with E-state index in [2.05, 4.69) is 20.8 Å². The van der Waals surface area contributed by atoms with Gasteiger partial charge in [0.05, 0.1) is 5.56 Å². The van der Waals surface area contributed by atoms with Crippen molar-refractivity contribution in [2.45, 2.75) is 18.6 Å². The number of hydrogen-bond donors (Lipinski definition) is 2. The highest BCUT2D eigenvalue weighted by Crippen LogP contribution is 2.29. The van der Waals surface area contributed by atoms with Gasteiger partial charge in [-0.1, -0.05) is 72.0 Å². The summed E-state index contributed by atoms with van der Waals surface area (Å²) >= 11 is 1.18. The van der Waals surface area contributed by atoms with Crippen molar-refractivity contribution in [2.75, 3.05) is 5.32 Å². The molecule has 0 bridgehead atoms. The molecule has 4 aromatic rings. The molecule has 2 N–H and O–H groups in total. The molecule has 4 rings (SSSR count). The Bertz CT molecular complexity index is 1290. The summed E-state index contributed by atoms with van der Waals surface area (Å²) in [4.78, 5) is 25.8. The van der Waals surface area contributed by atoms with E-state index in [9.17, 15) is 22.8 Å². The second kappa shape index (κ2) is 10.5. The second-order valence-electron chi connectivity index (χ2n) is 7.56. The molecule has 3 aromatic carbocycles. The van der Waals surface area contributed by atoms with Crippen LogP contribution >= 0.6 is 11.3 Å². The van der Waals surface area contributed by atoms with Crippen molar-refractivity contribution < 1.29 is 22.8 Å². The minimum atomic E-state index is -4.51. The van der Waals surface area contributed by atoms with E-state index in [1.54, 1.807) is 12.1 Å². The van der Waals surface area contributed by atoms with Crippen molar-refractivity contribution in [1.29, 1.82) is 0 Å². The predicted molar refractivity (Wildman–Crippen MR) is 127 cm³/mol. The van der Waals surface area contributed by atoms with E-state index in [4.69, 9.17) is 0 Å². The van der Waals surface area contributed by atoms with Crippen molar-refractivity contribution >= 4 is 28.3 Å². The first-order valence-corrected chi connectivity index (χ1v) is 11.3. The van der Waals surface area contributed by atoms with Gasteiger partial charge in [-0.2, -0.15) is 13.2 Å². The van der Waals surface area contributed by atoms with E-state index < -0.39 is 29.6 Å². The highest BCUT2D eigenvalue weighted by Gasteiger charge is 2.30. The fourth-order valence-electron chi connectivity index (χ4n) is 3.27. The molecule has 178 valence electrons. The molecule has 35 heavy (non-hydrogen) atoms. The molecule has 0 aliphatic rings. The Hall–Kier alpha value is -4.05. The van der Waals surface area contributed by atoms with Gasteiger partial charge in [0.25, 0.3) is 5.91 Å². The molecule has 1 atom stereocenters. The number of carbonyl (C=O) groups excluding carboxylic acids is 2. The summed E-state index contributed by atoms with van der Waals surface area (Å²) < 4.78 is 38.5. The maximum Gasteiger partial charge on any atom is 0.416 e. The molecule has 0 spiro atoms.